The lowest BCUT2D eigenvalue weighted by Crippen LogP contribution is -2.50. The van der Waals surface area contributed by atoms with E-state index in [4.69, 9.17) is 10.5 Å². The monoisotopic (exact) mass is 261 g/mol. The molecule has 104 valence electrons. The van der Waals surface area contributed by atoms with Crippen molar-refractivity contribution in [3.05, 3.63) is 35.4 Å². The predicted molar refractivity (Wildman–Crippen MR) is 75.8 cm³/mol. The van der Waals surface area contributed by atoms with Crippen molar-refractivity contribution in [3.8, 4) is 0 Å². The van der Waals surface area contributed by atoms with Crippen LogP contribution in [-0.4, -0.2) is 11.6 Å². The van der Waals surface area contributed by atoms with Gasteiger partial charge in [0.2, 0.25) is 0 Å². The number of rotatable bonds is 1. The zero-order chi connectivity index (χ0) is 14.3. The maximum Gasteiger partial charge on any atom is 0.331 e. The first-order valence-corrected chi connectivity index (χ1v) is 6.86. The number of hydrogen-bond donors (Lipinski definition) is 1. The van der Waals surface area contributed by atoms with E-state index in [9.17, 15) is 4.79 Å². The Kier molecular flexibility index (Phi) is 3.43. The van der Waals surface area contributed by atoms with Crippen molar-refractivity contribution in [1.29, 1.82) is 0 Å². The van der Waals surface area contributed by atoms with Crippen LogP contribution in [0.25, 0.3) is 0 Å². The first-order valence-electron chi connectivity index (χ1n) is 6.86. The second-order valence-corrected chi connectivity index (χ2v) is 6.50. The Morgan fingerprint density at radius 3 is 2.63 bits per heavy atom. The Morgan fingerprint density at radius 2 is 2.00 bits per heavy atom. The van der Waals surface area contributed by atoms with Gasteiger partial charge in [-0.05, 0) is 50.7 Å². The van der Waals surface area contributed by atoms with Gasteiger partial charge in [0.15, 0.2) is 0 Å². The zero-order valence-corrected chi connectivity index (χ0v) is 12.2. The van der Waals surface area contributed by atoms with Crippen molar-refractivity contribution < 1.29 is 9.53 Å². The molecule has 0 radical (unpaired) electrons. The molecule has 0 saturated heterocycles. The molecule has 2 rings (SSSR count). The highest BCUT2D eigenvalue weighted by Gasteiger charge is 2.44. The fourth-order valence-corrected chi connectivity index (χ4v) is 2.65. The Morgan fingerprint density at radius 1 is 1.37 bits per heavy atom. The molecule has 2 N–H and O–H groups in total. The van der Waals surface area contributed by atoms with E-state index in [-0.39, 0.29) is 5.97 Å². The van der Waals surface area contributed by atoms with Gasteiger partial charge in [0, 0.05) is 0 Å². The topological polar surface area (TPSA) is 52.3 Å². The van der Waals surface area contributed by atoms with Crippen LogP contribution in [0.1, 0.15) is 57.6 Å². The highest BCUT2D eigenvalue weighted by Crippen LogP contribution is 2.40. The van der Waals surface area contributed by atoms with Gasteiger partial charge >= 0.3 is 5.97 Å². The summed E-state index contributed by atoms with van der Waals surface area (Å²) in [6, 6.07) is 7.94. The minimum absolute atomic E-state index is 0.320. The van der Waals surface area contributed by atoms with Gasteiger partial charge in [0.25, 0.3) is 0 Å². The quantitative estimate of drug-likeness (QED) is 0.790. The second-order valence-electron chi connectivity index (χ2n) is 6.50. The zero-order valence-electron chi connectivity index (χ0n) is 12.2. The highest BCUT2D eigenvalue weighted by atomic mass is 16.6. The molecular weight excluding hydrogens is 238 g/mol. The molecule has 1 aliphatic rings. The third-order valence-electron chi connectivity index (χ3n) is 3.71. The average molecular weight is 261 g/mol. The molecule has 0 spiro atoms. The molecule has 1 aliphatic carbocycles. The van der Waals surface area contributed by atoms with E-state index in [1.807, 2.05) is 39.0 Å². The first kappa shape index (κ1) is 14.1. The molecule has 0 aromatic heterocycles. The Hall–Kier alpha value is -1.35. The van der Waals surface area contributed by atoms with Crippen LogP contribution in [0.15, 0.2) is 24.3 Å². The summed E-state index contributed by atoms with van der Waals surface area (Å²) in [6.07, 6.45) is 1.55. The number of hydrogen-bond acceptors (Lipinski definition) is 3. The van der Waals surface area contributed by atoms with Crippen LogP contribution in [0.4, 0.5) is 0 Å². The van der Waals surface area contributed by atoms with Gasteiger partial charge in [-0.25, -0.2) is 4.79 Å². The molecule has 0 heterocycles. The van der Waals surface area contributed by atoms with E-state index < -0.39 is 11.1 Å². The number of carbonyl (C=O) groups excluding carboxylic acids is 1. The van der Waals surface area contributed by atoms with Crippen molar-refractivity contribution in [2.45, 2.75) is 57.6 Å². The van der Waals surface area contributed by atoms with E-state index in [0.717, 1.165) is 12.0 Å². The van der Waals surface area contributed by atoms with Crippen molar-refractivity contribution in [2.75, 3.05) is 0 Å². The Bertz CT molecular complexity index is 490. The molecule has 1 aromatic rings. The molecule has 3 nitrogen and oxygen atoms in total. The minimum atomic E-state index is -1.00. The largest absolute Gasteiger partial charge is 0.458 e. The molecule has 2 unspecified atom stereocenters. The molecular formula is C16H23NO2. The normalized spacial score (nSPS) is 26.7. The van der Waals surface area contributed by atoms with Crippen LogP contribution in [0.5, 0.6) is 0 Å². The van der Waals surface area contributed by atoms with Crippen LogP contribution in [0, 0.1) is 0 Å². The van der Waals surface area contributed by atoms with Gasteiger partial charge in [0.05, 0.1) is 0 Å². The standard InChI is InChI=1S/C16H23NO2/c1-11-9-10-16(17,14(18)19-15(2,3)4)13-8-6-5-7-12(11)13/h5-8,11H,9-10,17H2,1-4H3. The SMILES string of the molecule is CC1CCC(N)(C(=O)OC(C)(C)C)c2ccccc21. The van der Waals surface area contributed by atoms with Crippen LogP contribution >= 0.6 is 0 Å². The summed E-state index contributed by atoms with van der Waals surface area (Å²) in [5.41, 5.74) is 6.98. The fraction of sp³-hybridized carbons (Fsp3) is 0.562. The summed E-state index contributed by atoms with van der Waals surface area (Å²) in [5, 5.41) is 0. The first-order chi connectivity index (χ1) is 8.74. The molecule has 2 atom stereocenters. The summed E-state index contributed by atoms with van der Waals surface area (Å²) >= 11 is 0. The van der Waals surface area contributed by atoms with Gasteiger partial charge in [-0.2, -0.15) is 0 Å². The van der Waals surface area contributed by atoms with Gasteiger partial charge in [-0.3, -0.25) is 0 Å². The summed E-state index contributed by atoms with van der Waals surface area (Å²) in [5.74, 6) is 0.120. The highest BCUT2D eigenvalue weighted by molar-refractivity contribution is 5.83. The molecule has 19 heavy (non-hydrogen) atoms. The number of carbonyl (C=O) groups is 1. The van der Waals surface area contributed by atoms with Gasteiger partial charge in [0.1, 0.15) is 11.1 Å². The summed E-state index contributed by atoms with van der Waals surface area (Å²) in [6.45, 7) is 7.77. The third-order valence-corrected chi connectivity index (χ3v) is 3.71. The summed E-state index contributed by atoms with van der Waals surface area (Å²) in [7, 11) is 0. The van der Waals surface area contributed by atoms with Crippen LogP contribution < -0.4 is 5.73 Å². The van der Waals surface area contributed by atoms with E-state index in [0.29, 0.717) is 12.3 Å². The molecule has 0 fully saturated rings. The van der Waals surface area contributed by atoms with Crippen LogP contribution in [-0.2, 0) is 15.1 Å². The van der Waals surface area contributed by atoms with Gasteiger partial charge in [-0.1, -0.05) is 31.2 Å². The van der Waals surface area contributed by atoms with E-state index in [2.05, 4.69) is 13.0 Å². The molecule has 0 bridgehead atoms. The predicted octanol–water partition coefficient (Wildman–Crippen LogP) is 3.08. The van der Waals surface area contributed by atoms with Crippen molar-refractivity contribution >= 4 is 5.97 Å². The third kappa shape index (κ3) is 2.66. The summed E-state index contributed by atoms with van der Waals surface area (Å²) in [4.78, 5) is 12.5. The second kappa shape index (κ2) is 4.64. The van der Waals surface area contributed by atoms with Crippen molar-refractivity contribution in [1.82, 2.24) is 0 Å². The average Bonchev–Trinajstić information content (AvgIpc) is 2.32. The van der Waals surface area contributed by atoms with E-state index >= 15 is 0 Å². The lowest BCUT2D eigenvalue weighted by Gasteiger charge is -2.38. The van der Waals surface area contributed by atoms with Crippen LogP contribution in [0.3, 0.4) is 0 Å². The summed E-state index contributed by atoms with van der Waals surface area (Å²) < 4.78 is 5.51. The number of benzene rings is 1. The van der Waals surface area contributed by atoms with Crippen molar-refractivity contribution in [3.63, 3.8) is 0 Å². The number of fused-ring (bicyclic) bond motifs is 1. The lowest BCUT2D eigenvalue weighted by molar-refractivity contribution is -0.162. The van der Waals surface area contributed by atoms with Crippen molar-refractivity contribution in [2.24, 2.45) is 5.73 Å². The van der Waals surface area contributed by atoms with Gasteiger partial charge < -0.3 is 10.5 Å². The number of ether oxygens (including phenoxy) is 1. The molecule has 0 aliphatic heterocycles. The minimum Gasteiger partial charge on any atom is -0.458 e. The fourth-order valence-electron chi connectivity index (χ4n) is 2.65. The van der Waals surface area contributed by atoms with E-state index in [1.54, 1.807) is 0 Å². The maximum atomic E-state index is 12.5. The number of nitrogens with two attached hydrogens (primary N) is 1. The van der Waals surface area contributed by atoms with Crippen LogP contribution in [0.2, 0.25) is 0 Å². The number of esters is 1. The molecule has 0 saturated carbocycles. The molecule has 3 heteroatoms. The maximum absolute atomic E-state index is 12.5. The smallest absolute Gasteiger partial charge is 0.331 e. The molecule has 1 aromatic carbocycles. The van der Waals surface area contributed by atoms with Gasteiger partial charge in [-0.15, -0.1) is 0 Å². The Labute approximate surface area is 115 Å². The molecule has 0 amide bonds. The Balaban J connectivity index is 2.40. The lowest BCUT2D eigenvalue weighted by atomic mass is 9.73. The van der Waals surface area contributed by atoms with E-state index in [1.165, 1.54) is 5.56 Å².